The van der Waals surface area contributed by atoms with Gasteiger partial charge in [0.25, 0.3) is 0 Å². The van der Waals surface area contributed by atoms with E-state index in [-0.39, 0.29) is 6.04 Å². The molecule has 1 unspecified atom stereocenters. The third-order valence-electron chi connectivity index (χ3n) is 3.46. The van der Waals surface area contributed by atoms with Crippen molar-refractivity contribution in [3.63, 3.8) is 0 Å². The van der Waals surface area contributed by atoms with Crippen LogP contribution in [0.4, 0.5) is 4.39 Å². The molecular weight excluding hydrogens is 313 g/mol. The Kier molecular flexibility index (Phi) is 4.93. The van der Waals surface area contributed by atoms with Crippen molar-refractivity contribution in [2.75, 3.05) is 7.11 Å². The third-order valence-corrected chi connectivity index (χ3v) is 3.96. The van der Waals surface area contributed by atoms with Gasteiger partial charge >= 0.3 is 5.97 Å². The fourth-order valence-corrected chi connectivity index (χ4v) is 2.85. The quantitative estimate of drug-likeness (QED) is 0.861. The van der Waals surface area contributed by atoms with Gasteiger partial charge in [0.1, 0.15) is 11.9 Å². The molecule has 1 aromatic carbocycles. The Balaban J connectivity index is 2.25. The predicted octanol–water partition coefficient (Wildman–Crippen LogP) is 3.33. The SMILES string of the molecule is COC(=O)C(NC1CCCC1)c1cc(Br)ccc1F. The number of hydrogen-bond acceptors (Lipinski definition) is 3. The zero-order chi connectivity index (χ0) is 13.8. The van der Waals surface area contributed by atoms with Crippen molar-refractivity contribution in [2.24, 2.45) is 0 Å². The Morgan fingerprint density at radius 2 is 2.16 bits per heavy atom. The van der Waals surface area contributed by atoms with E-state index in [2.05, 4.69) is 21.2 Å². The molecule has 1 saturated carbocycles. The summed E-state index contributed by atoms with van der Waals surface area (Å²) in [5.41, 5.74) is 0.327. The van der Waals surface area contributed by atoms with Gasteiger partial charge < -0.3 is 4.74 Å². The molecule has 2 rings (SSSR count). The first-order chi connectivity index (χ1) is 9.11. The lowest BCUT2D eigenvalue weighted by molar-refractivity contribution is -0.143. The number of carbonyl (C=O) groups is 1. The lowest BCUT2D eigenvalue weighted by atomic mass is 10.0. The second-order valence-electron chi connectivity index (χ2n) is 4.77. The Bertz CT molecular complexity index is 461. The first-order valence-electron chi connectivity index (χ1n) is 6.40. The lowest BCUT2D eigenvalue weighted by Gasteiger charge is -2.21. The fourth-order valence-electron chi connectivity index (χ4n) is 2.47. The third kappa shape index (κ3) is 3.54. The first-order valence-corrected chi connectivity index (χ1v) is 7.20. The summed E-state index contributed by atoms with van der Waals surface area (Å²) < 4.78 is 19.5. The molecule has 1 fully saturated rings. The van der Waals surface area contributed by atoms with Crippen LogP contribution in [0.2, 0.25) is 0 Å². The lowest BCUT2D eigenvalue weighted by Crippen LogP contribution is -2.36. The highest BCUT2D eigenvalue weighted by Crippen LogP contribution is 2.26. The summed E-state index contributed by atoms with van der Waals surface area (Å²) in [4.78, 5) is 11.9. The van der Waals surface area contributed by atoms with Crippen LogP contribution in [0.3, 0.4) is 0 Å². The average Bonchev–Trinajstić information content (AvgIpc) is 2.91. The molecule has 1 atom stereocenters. The maximum atomic E-state index is 13.9. The van der Waals surface area contributed by atoms with E-state index in [1.165, 1.54) is 13.2 Å². The number of carbonyl (C=O) groups excluding carboxylic acids is 1. The van der Waals surface area contributed by atoms with Gasteiger partial charge in [0, 0.05) is 16.1 Å². The van der Waals surface area contributed by atoms with Gasteiger partial charge in [-0.2, -0.15) is 0 Å². The van der Waals surface area contributed by atoms with Gasteiger partial charge in [-0.25, -0.2) is 9.18 Å². The second-order valence-corrected chi connectivity index (χ2v) is 5.69. The Morgan fingerprint density at radius 1 is 1.47 bits per heavy atom. The van der Waals surface area contributed by atoms with E-state index in [4.69, 9.17) is 4.74 Å². The molecule has 1 N–H and O–H groups in total. The molecule has 1 aromatic rings. The smallest absolute Gasteiger partial charge is 0.327 e. The Morgan fingerprint density at radius 3 is 2.79 bits per heavy atom. The van der Waals surface area contributed by atoms with Crippen LogP contribution in [-0.2, 0) is 9.53 Å². The largest absolute Gasteiger partial charge is 0.468 e. The molecule has 19 heavy (non-hydrogen) atoms. The summed E-state index contributed by atoms with van der Waals surface area (Å²) in [5.74, 6) is -0.854. The highest BCUT2D eigenvalue weighted by Gasteiger charge is 2.28. The highest BCUT2D eigenvalue weighted by molar-refractivity contribution is 9.10. The molecule has 1 aliphatic rings. The maximum Gasteiger partial charge on any atom is 0.327 e. The number of benzene rings is 1. The number of halogens is 2. The van der Waals surface area contributed by atoms with Crippen molar-refractivity contribution >= 4 is 21.9 Å². The van der Waals surface area contributed by atoms with E-state index in [9.17, 15) is 9.18 Å². The van der Waals surface area contributed by atoms with Crippen LogP contribution in [0, 0.1) is 5.82 Å². The molecule has 0 aromatic heterocycles. The predicted molar refractivity (Wildman–Crippen MR) is 74.2 cm³/mol. The topological polar surface area (TPSA) is 38.3 Å². The molecule has 0 spiro atoms. The number of ether oxygens (including phenoxy) is 1. The minimum Gasteiger partial charge on any atom is -0.468 e. The van der Waals surface area contributed by atoms with Gasteiger partial charge in [-0.3, -0.25) is 5.32 Å². The van der Waals surface area contributed by atoms with Crippen LogP contribution in [0.5, 0.6) is 0 Å². The van der Waals surface area contributed by atoms with Crippen LogP contribution < -0.4 is 5.32 Å². The van der Waals surface area contributed by atoms with Gasteiger partial charge in [-0.05, 0) is 31.0 Å². The Labute approximate surface area is 120 Å². The van der Waals surface area contributed by atoms with Crippen molar-refractivity contribution in [3.05, 3.63) is 34.1 Å². The monoisotopic (exact) mass is 329 g/mol. The van der Waals surface area contributed by atoms with Crippen LogP contribution in [0.25, 0.3) is 0 Å². The fraction of sp³-hybridized carbons (Fsp3) is 0.500. The van der Waals surface area contributed by atoms with E-state index >= 15 is 0 Å². The zero-order valence-electron chi connectivity index (χ0n) is 10.8. The summed E-state index contributed by atoms with van der Waals surface area (Å²) >= 11 is 3.30. The minimum atomic E-state index is -0.745. The van der Waals surface area contributed by atoms with E-state index < -0.39 is 17.8 Å². The van der Waals surface area contributed by atoms with E-state index in [1.54, 1.807) is 12.1 Å². The van der Waals surface area contributed by atoms with Crippen molar-refractivity contribution in [3.8, 4) is 0 Å². The molecule has 1 aliphatic carbocycles. The summed E-state index contributed by atoms with van der Waals surface area (Å²) in [5, 5.41) is 3.22. The number of methoxy groups -OCH3 is 1. The van der Waals surface area contributed by atoms with Gasteiger partial charge in [0.15, 0.2) is 0 Å². The molecule has 0 saturated heterocycles. The second kappa shape index (κ2) is 6.48. The first kappa shape index (κ1) is 14.5. The molecule has 0 aliphatic heterocycles. The van der Waals surface area contributed by atoms with E-state index in [0.29, 0.717) is 5.56 Å². The molecule has 104 valence electrons. The Hall–Kier alpha value is -0.940. The summed E-state index contributed by atoms with van der Waals surface area (Å²) in [6, 6.07) is 4.10. The minimum absolute atomic E-state index is 0.252. The van der Waals surface area contributed by atoms with Gasteiger partial charge in [0.2, 0.25) is 0 Å². The number of nitrogens with one attached hydrogen (secondary N) is 1. The van der Waals surface area contributed by atoms with Crippen molar-refractivity contribution in [1.82, 2.24) is 5.32 Å². The van der Waals surface area contributed by atoms with Gasteiger partial charge in [-0.1, -0.05) is 28.8 Å². The standard InChI is InChI=1S/C14H17BrFNO2/c1-19-14(18)13(17-10-4-2-3-5-10)11-8-9(15)6-7-12(11)16/h6-8,10,13,17H,2-5H2,1H3. The van der Waals surface area contributed by atoms with Crippen LogP contribution >= 0.6 is 15.9 Å². The number of esters is 1. The van der Waals surface area contributed by atoms with Crippen molar-refractivity contribution in [2.45, 2.75) is 37.8 Å². The normalized spacial score (nSPS) is 17.4. The summed E-state index contributed by atoms with van der Waals surface area (Å²) in [6.45, 7) is 0. The van der Waals surface area contributed by atoms with Crippen LogP contribution in [0.1, 0.15) is 37.3 Å². The zero-order valence-corrected chi connectivity index (χ0v) is 12.4. The highest BCUT2D eigenvalue weighted by atomic mass is 79.9. The molecule has 3 nitrogen and oxygen atoms in total. The summed E-state index contributed by atoms with van der Waals surface area (Å²) in [7, 11) is 1.32. The molecule has 0 bridgehead atoms. The molecular formula is C14H17BrFNO2. The molecule has 0 radical (unpaired) electrons. The van der Waals surface area contributed by atoms with Crippen molar-refractivity contribution < 1.29 is 13.9 Å². The molecule has 0 amide bonds. The molecule has 0 heterocycles. The van der Waals surface area contributed by atoms with Crippen LogP contribution in [-0.4, -0.2) is 19.1 Å². The number of rotatable bonds is 4. The van der Waals surface area contributed by atoms with Crippen LogP contribution in [0.15, 0.2) is 22.7 Å². The van der Waals surface area contributed by atoms with Gasteiger partial charge in [-0.15, -0.1) is 0 Å². The van der Waals surface area contributed by atoms with E-state index in [0.717, 1.165) is 30.2 Å². The van der Waals surface area contributed by atoms with E-state index in [1.807, 2.05) is 0 Å². The molecule has 5 heteroatoms. The van der Waals surface area contributed by atoms with Gasteiger partial charge in [0.05, 0.1) is 7.11 Å². The summed E-state index contributed by atoms with van der Waals surface area (Å²) in [6.07, 6.45) is 4.32. The maximum absolute atomic E-state index is 13.9. The van der Waals surface area contributed by atoms with Crippen molar-refractivity contribution in [1.29, 1.82) is 0 Å². The number of hydrogen-bond donors (Lipinski definition) is 1. The average molecular weight is 330 g/mol.